The Balaban J connectivity index is 0.00000361. The fourth-order valence-corrected chi connectivity index (χ4v) is 3.32. The zero-order valence-corrected chi connectivity index (χ0v) is 19.4. The number of rotatable bonds is 7. The van der Waals surface area contributed by atoms with Crippen molar-refractivity contribution in [2.75, 3.05) is 17.2 Å². The molecule has 0 saturated heterocycles. The van der Waals surface area contributed by atoms with Crippen molar-refractivity contribution in [1.29, 1.82) is 0 Å². The molecule has 1 aliphatic rings. The van der Waals surface area contributed by atoms with Gasteiger partial charge in [0.25, 0.3) is 5.91 Å². The zero-order valence-electron chi connectivity index (χ0n) is 19.4. The molecule has 0 aliphatic carbocycles. The topological polar surface area (TPSA) is 162 Å². The molecule has 36 heavy (non-hydrogen) atoms. The Hall–Kier alpha value is -4.38. The van der Waals surface area contributed by atoms with Gasteiger partial charge in [-0.3, -0.25) is 9.59 Å². The van der Waals surface area contributed by atoms with Gasteiger partial charge in [0.1, 0.15) is 18.1 Å². The van der Waals surface area contributed by atoms with Crippen molar-refractivity contribution in [3.05, 3.63) is 82.1 Å². The van der Waals surface area contributed by atoms with Crippen LogP contribution >= 0.6 is 0 Å². The molecule has 0 bridgehead atoms. The second kappa shape index (κ2) is 11.4. The standard InChI is InChI=1S/C24H19N5O6.Li/c1-13-6-14(2-4-16(13)24(33)34)8-21(30)29-20-9-18(26-12-27-20)23(32)25-10-15-3-5-19-17(7-15)28-22(31)11-35-19;/h2,4,6-7,9,12H,8,10-11H2,1H3,(H4,25,26,27,28,29,30,31,32,33,34);/q;+1/p-1. The van der Waals surface area contributed by atoms with E-state index in [2.05, 4.69) is 38.1 Å². The molecule has 0 unspecified atom stereocenters. The molecular formula is C24H18LiN5O6. The molecule has 3 N–H and O–H groups in total. The number of amides is 3. The van der Waals surface area contributed by atoms with Gasteiger partial charge >= 0.3 is 24.8 Å². The van der Waals surface area contributed by atoms with E-state index in [1.165, 1.54) is 12.1 Å². The number of benzene rings is 1. The maximum atomic E-state index is 12.5. The van der Waals surface area contributed by atoms with E-state index < -0.39 is 17.8 Å². The molecule has 0 radical (unpaired) electrons. The third kappa shape index (κ3) is 6.39. The summed E-state index contributed by atoms with van der Waals surface area (Å²) >= 11 is 0. The molecule has 4 rings (SSSR count). The molecule has 0 atom stereocenters. The number of nitrogens with zero attached hydrogens (tertiary/aromatic N) is 3. The van der Waals surface area contributed by atoms with Gasteiger partial charge < -0.3 is 30.6 Å². The van der Waals surface area contributed by atoms with Gasteiger partial charge in [0, 0.05) is 6.07 Å². The minimum absolute atomic E-state index is 0. The van der Waals surface area contributed by atoms with Crippen LogP contribution in [0.4, 0.5) is 11.5 Å². The van der Waals surface area contributed by atoms with Gasteiger partial charge in [0.05, 0.1) is 23.4 Å². The van der Waals surface area contributed by atoms with E-state index >= 15 is 0 Å². The number of aryl methyl sites for hydroxylation is 1. The molecule has 1 aliphatic heterocycles. The first-order valence-electron chi connectivity index (χ1n) is 10.3. The number of aromatic nitrogens is 2. The Kier molecular flexibility index (Phi) is 8.28. The van der Waals surface area contributed by atoms with E-state index in [1.807, 2.05) is 0 Å². The van der Waals surface area contributed by atoms with Crippen molar-refractivity contribution < 1.29 is 47.9 Å². The first kappa shape index (κ1) is 26.2. The summed E-state index contributed by atoms with van der Waals surface area (Å²) in [4.78, 5) is 55.3. The number of fused-ring (bicyclic) bond motifs is 1. The Bertz CT molecular complexity index is 1350. The summed E-state index contributed by atoms with van der Waals surface area (Å²) in [7, 11) is 0. The fourth-order valence-electron chi connectivity index (χ4n) is 3.32. The van der Waals surface area contributed by atoms with Gasteiger partial charge in [-0.1, -0.05) is 24.7 Å². The molecule has 176 valence electrons. The molecular weight excluding hydrogens is 461 g/mol. The van der Waals surface area contributed by atoms with Crippen molar-refractivity contribution in [3.8, 4) is 5.75 Å². The van der Waals surface area contributed by atoms with Crippen LogP contribution in [0.5, 0.6) is 5.75 Å². The van der Waals surface area contributed by atoms with Crippen molar-refractivity contribution in [3.63, 3.8) is 0 Å². The molecule has 1 aromatic heterocycles. The average molecular weight is 479 g/mol. The SMILES string of the molecule is Cc1cc(CC(=O)Nc2cc(C(=O)[N-]Cc3c#cc4c(c3)NC(=O)CO4)ncn2)ccc1C(=O)O.[Li+]. The van der Waals surface area contributed by atoms with Crippen molar-refractivity contribution in [1.82, 2.24) is 9.97 Å². The first-order chi connectivity index (χ1) is 16.8. The van der Waals surface area contributed by atoms with E-state index in [9.17, 15) is 19.2 Å². The average Bonchev–Trinajstić information content (AvgIpc) is 2.82. The van der Waals surface area contributed by atoms with Crippen LogP contribution in [0.3, 0.4) is 0 Å². The Morgan fingerprint density at radius 1 is 1.19 bits per heavy atom. The van der Waals surface area contributed by atoms with Crippen molar-refractivity contribution >= 4 is 35.2 Å². The molecule has 0 spiro atoms. The van der Waals surface area contributed by atoms with Gasteiger partial charge in [-0.05, 0) is 41.8 Å². The summed E-state index contributed by atoms with van der Waals surface area (Å²) in [6.07, 6.45) is 1.12. The number of carbonyl (C=O) groups excluding carboxylic acids is 3. The number of carbonyl (C=O) groups is 4. The van der Waals surface area contributed by atoms with E-state index in [0.29, 0.717) is 28.1 Å². The molecule has 11 nitrogen and oxygen atoms in total. The van der Waals surface area contributed by atoms with Crippen LogP contribution in [-0.4, -0.2) is 45.4 Å². The van der Waals surface area contributed by atoms with Gasteiger partial charge in [-0.25, -0.2) is 14.8 Å². The normalized spacial score (nSPS) is 11.5. The second-order valence-electron chi connectivity index (χ2n) is 7.59. The largest absolute Gasteiger partial charge is 1.00 e. The van der Waals surface area contributed by atoms with Crippen LogP contribution in [0.2, 0.25) is 0 Å². The second-order valence-corrected chi connectivity index (χ2v) is 7.59. The summed E-state index contributed by atoms with van der Waals surface area (Å²) in [6.45, 7) is 1.53. The van der Waals surface area contributed by atoms with Crippen LogP contribution in [0.15, 0.2) is 36.7 Å². The maximum Gasteiger partial charge on any atom is 1.00 e. The number of ether oxygens (including phenoxy) is 1. The summed E-state index contributed by atoms with van der Waals surface area (Å²) in [5, 5.41) is 18.3. The molecule has 3 amide bonds. The monoisotopic (exact) mass is 479 g/mol. The number of carboxylic acids is 1. The van der Waals surface area contributed by atoms with Crippen LogP contribution in [0.25, 0.3) is 5.32 Å². The van der Waals surface area contributed by atoms with Crippen LogP contribution in [0.1, 0.15) is 37.5 Å². The number of aromatic carboxylic acids is 1. The summed E-state index contributed by atoms with van der Waals surface area (Å²) in [6, 6.07) is 13.1. The zero-order chi connectivity index (χ0) is 24.9. The number of nitrogens with one attached hydrogen (secondary N) is 2. The van der Waals surface area contributed by atoms with Crippen LogP contribution in [-0.2, 0) is 22.6 Å². The molecule has 0 fully saturated rings. The van der Waals surface area contributed by atoms with E-state index in [1.54, 1.807) is 25.1 Å². The summed E-state index contributed by atoms with van der Waals surface area (Å²) in [5.41, 5.74) is 2.26. The van der Waals surface area contributed by atoms with Gasteiger partial charge in [-0.15, -0.1) is 0 Å². The molecule has 0 saturated carbocycles. The quantitative estimate of drug-likeness (QED) is 0.375. The Labute approximate surface area is 217 Å². The molecule has 3 aromatic rings. The summed E-state index contributed by atoms with van der Waals surface area (Å²) < 4.78 is 5.22. The minimum atomic E-state index is -1.04. The minimum Gasteiger partial charge on any atom is -0.644 e. The smallest absolute Gasteiger partial charge is 0.644 e. The summed E-state index contributed by atoms with van der Waals surface area (Å²) in [5.74, 6) is -1.87. The maximum absolute atomic E-state index is 12.5. The Morgan fingerprint density at radius 3 is 2.75 bits per heavy atom. The first-order valence-corrected chi connectivity index (χ1v) is 10.3. The number of hydrogen-bond donors (Lipinski definition) is 3. The van der Waals surface area contributed by atoms with E-state index in [-0.39, 0.29) is 61.4 Å². The third-order valence-electron chi connectivity index (χ3n) is 4.95. The van der Waals surface area contributed by atoms with Gasteiger partial charge in [0.2, 0.25) is 5.91 Å². The van der Waals surface area contributed by atoms with Crippen molar-refractivity contribution in [2.45, 2.75) is 19.9 Å². The molecule has 2 aromatic carbocycles. The van der Waals surface area contributed by atoms with Gasteiger partial charge in [-0.2, -0.15) is 0 Å². The Morgan fingerprint density at radius 2 is 2.00 bits per heavy atom. The molecule has 12 heteroatoms. The predicted octanol–water partition coefficient (Wildman–Crippen LogP) is -0.686. The van der Waals surface area contributed by atoms with Crippen LogP contribution in [0, 0.1) is 19.1 Å². The fraction of sp³-hybridized carbons (Fsp3) is 0.167. The van der Waals surface area contributed by atoms with Crippen LogP contribution < -0.4 is 34.2 Å². The molecule has 2 heterocycles. The number of anilines is 2. The van der Waals surface area contributed by atoms with Crippen molar-refractivity contribution in [2.24, 2.45) is 0 Å². The van der Waals surface area contributed by atoms with E-state index in [4.69, 9.17) is 9.84 Å². The predicted molar refractivity (Wildman–Crippen MR) is 122 cm³/mol. The number of carboxylic acid groups (broad SMARTS) is 1. The van der Waals surface area contributed by atoms with Gasteiger partial charge in [0.15, 0.2) is 12.4 Å². The third-order valence-corrected chi connectivity index (χ3v) is 4.95. The number of hydrogen-bond acceptors (Lipinski definition) is 7. The van der Waals surface area contributed by atoms with E-state index in [0.717, 1.165) is 6.33 Å².